The van der Waals surface area contributed by atoms with Crippen LogP contribution in [0, 0.1) is 5.92 Å². The van der Waals surface area contributed by atoms with E-state index in [1.54, 1.807) is 0 Å². The van der Waals surface area contributed by atoms with Crippen LogP contribution in [0.15, 0.2) is 0 Å². The van der Waals surface area contributed by atoms with Crippen LogP contribution >= 0.6 is 0 Å². The lowest BCUT2D eigenvalue weighted by Gasteiger charge is -2.28. The molecule has 0 aromatic rings. The molecular weight excluding hydrogens is 284 g/mol. The number of nitrogens with two attached hydrogens (primary N) is 1. The maximum atomic E-state index is 11.8. The van der Waals surface area contributed by atoms with Crippen molar-refractivity contribution < 1.29 is 35.1 Å². The van der Waals surface area contributed by atoms with Crippen molar-refractivity contribution in [1.82, 2.24) is 5.32 Å². The van der Waals surface area contributed by atoms with Gasteiger partial charge < -0.3 is 36.6 Å². The number of carboxylic acid groups (broad SMARTS) is 1. The van der Waals surface area contributed by atoms with Gasteiger partial charge in [0.05, 0.1) is 18.7 Å². The van der Waals surface area contributed by atoms with E-state index >= 15 is 0 Å². The van der Waals surface area contributed by atoms with Crippen LogP contribution in [0.4, 0.5) is 0 Å². The van der Waals surface area contributed by atoms with Gasteiger partial charge in [-0.05, 0) is 12.3 Å². The van der Waals surface area contributed by atoms with Crippen molar-refractivity contribution in [2.75, 3.05) is 6.61 Å². The highest BCUT2D eigenvalue weighted by atomic mass is 16.4. The highest BCUT2D eigenvalue weighted by Gasteiger charge is 2.36. The zero-order valence-electron chi connectivity index (χ0n) is 12.0. The Hall–Kier alpha value is -1.26. The minimum Gasteiger partial charge on any atom is -0.479 e. The Morgan fingerprint density at radius 3 is 2.05 bits per heavy atom. The van der Waals surface area contributed by atoms with Gasteiger partial charge in [0.15, 0.2) is 6.10 Å². The number of amides is 1. The highest BCUT2D eigenvalue weighted by Crippen LogP contribution is 2.07. The summed E-state index contributed by atoms with van der Waals surface area (Å²) in [4.78, 5) is 22.3. The monoisotopic (exact) mass is 308 g/mol. The molecule has 0 spiro atoms. The Morgan fingerprint density at radius 2 is 1.67 bits per heavy atom. The number of aliphatic hydroxyl groups is 4. The summed E-state index contributed by atoms with van der Waals surface area (Å²) in [5.41, 5.74) is 5.62. The van der Waals surface area contributed by atoms with Gasteiger partial charge >= 0.3 is 5.97 Å². The molecule has 8 N–H and O–H groups in total. The summed E-state index contributed by atoms with van der Waals surface area (Å²) in [7, 11) is 0. The van der Waals surface area contributed by atoms with E-state index in [0.29, 0.717) is 6.42 Å². The number of carbonyl (C=O) groups excluding carboxylic acids is 1. The fraction of sp³-hybridized carbons (Fsp3) is 0.833. The lowest BCUT2D eigenvalue weighted by molar-refractivity contribution is -0.159. The van der Waals surface area contributed by atoms with E-state index in [1.165, 1.54) is 0 Å². The summed E-state index contributed by atoms with van der Waals surface area (Å²) in [6.45, 7) is 2.96. The van der Waals surface area contributed by atoms with E-state index in [-0.39, 0.29) is 5.92 Å². The topological polar surface area (TPSA) is 173 Å². The van der Waals surface area contributed by atoms with Crippen LogP contribution in [0.1, 0.15) is 20.3 Å². The number of aliphatic carboxylic acids is 1. The van der Waals surface area contributed by atoms with Crippen molar-refractivity contribution >= 4 is 11.9 Å². The largest absolute Gasteiger partial charge is 0.479 e. The molecule has 0 fully saturated rings. The quantitative estimate of drug-likeness (QED) is 0.236. The van der Waals surface area contributed by atoms with Gasteiger partial charge in [0.1, 0.15) is 12.2 Å². The molecule has 0 rings (SSSR count). The molecule has 9 nitrogen and oxygen atoms in total. The van der Waals surface area contributed by atoms with Gasteiger partial charge in [0.25, 0.3) is 0 Å². The summed E-state index contributed by atoms with van der Waals surface area (Å²) in [5, 5.41) is 48.2. The summed E-state index contributed by atoms with van der Waals surface area (Å²) < 4.78 is 0. The van der Waals surface area contributed by atoms with Gasteiger partial charge in [0.2, 0.25) is 5.91 Å². The third-order valence-corrected chi connectivity index (χ3v) is 2.93. The lowest BCUT2D eigenvalue weighted by Crippen LogP contribution is -2.57. The molecule has 124 valence electrons. The summed E-state index contributed by atoms with van der Waals surface area (Å²) in [6, 6.07) is -2.22. The number of carbonyl (C=O) groups is 2. The number of rotatable bonds is 9. The molecule has 21 heavy (non-hydrogen) atoms. The number of nitrogens with one attached hydrogen (secondary N) is 1. The average molecular weight is 308 g/mol. The molecule has 9 heteroatoms. The first kappa shape index (κ1) is 19.7. The molecule has 0 saturated carbocycles. The van der Waals surface area contributed by atoms with Crippen LogP contribution in [0.2, 0.25) is 0 Å². The summed E-state index contributed by atoms with van der Waals surface area (Å²) >= 11 is 0. The lowest BCUT2D eigenvalue weighted by atomic mass is 9.99. The second-order valence-corrected chi connectivity index (χ2v) is 5.30. The zero-order chi connectivity index (χ0) is 16.7. The second-order valence-electron chi connectivity index (χ2n) is 5.30. The SMILES string of the molecule is CC(C)C[C@H](N)C(=O)N[C@@H](CO)[C@@H](O)[C@@H](O)[C@H](O)C(=O)O. The number of hydrogen-bond donors (Lipinski definition) is 7. The fourth-order valence-corrected chi connectivity index (χ4v) is 1.71. The number of carboxylic acids is 1. The molecule has 0 heterocycles. The molecule has 0 radical (unpaired) electrons. The maximum absolute atomic E-state index is 11.8. The van der Waals surface area contributed by atoms with Gasteiger partial charge in [-0.25, -0.2) is 4.79 Å². The van der Waals surface area contributed by atoms with Crippen molar-refractivity contribution in [2.45, 2.75) is 50.7 Å². The Kier molecular flexibility index (Phi) is 8.37. The van der Waals surface area contributed by atoms with Crippen LogP contribution in [-0.2, 0) is 9.59 Å². The Bertz CT molecular complexity index is 350. The zero-order valence-corrected chi connectivity index (χ0v) is 12.0. The molecule has 0 aliphatic heterocycles. The molecule has 0 saturated heterocycles. The van der Waals surface area contributed by atoms with Crippen molar-refractivity contribution in [3.63, 3.8) is 0 Å². The van der Waals surface area contributed by atoms with E-state index in [1.807, 2.05) is 13.8 Å². The minimum absolute atomic E-state index is 0.155. The Morgan fingerprint density at radius 1 is 1.14 bits per heavy atom. The Labute approximate surface area is 122 Å². The predicted octanol–water partition coefficient (Wildman–Crippen LogP) is -3.00. The fourth-order valence-electron chi connectivity index (χ4n) is 1.71. The predicted molar refractivity (Wildman–Crippen MR) is 72.1 cm³/mol. The van der Waals surface area contributed by atoms with E-state index in [2.05, 4.69) is 5.32 Å². The third kappa shape index (κ3) is 6.36. The first-order valence-corrected chi connectivity index (χ1v) is 6.55. The minimum atomic E-state index is -2.24. The van der Waals surface area contributed by atoms with Crippen molar-refractivity contribution in [3.05, 3.63) is 0 Å². The molecule has 0 aromatic carbocycles. The van der Waals surface area contributed by atoms with E-state index in [0.717, 1.165) is 0 Å². The van der Waals surface area contributed by atoms with Crippen molar-refractivity contribution in [2.24, 2.45) is 11.7 Å². The van der Waals surface area contributed by atoms with E-state index in [4.69, 9.17) is 21.1 Å². The van der Waals surface area contributed by atoms with Crippen LogP contribution in [0.3, 0.4) is 0 Å². The Balaban J connectivity index is 4.70. The van der Waals surface area contributed by atoms with Gasteiger partial charge in [-0.15, -0.1) is 0 Å². The van der Waals surface area contributed by atoms with Crippen LogP contribution < -0.4 is 11.1 Å². The van der Waals surface area contributed by atoms with E-state index in [9.17, 15) is 19.8 Å². The average Bonchev–Trinajstić information content (AvgIpc) is 2.40. The molecule has 0 aliphatic carbocycles. The normalized spacial score (nSPS) is 18.7. The number of hydrogen-bond acceptors (Lipinski definition) is 7. The molecule has 0 aliphatic rings. The molecule has 0 unspecified atom stereocenters. The van der Waals surface area contributed by atoms with Crippen molar-refractivity contribution in [1.29, 1.82) is 0 Å². The number of aliphatic hydroxyl groups excluding tert-OH is 4. The van der Waals surface area contributed by atoms with E-state index < -0.39 is 48.9 Å². The van der Waals surface area contributed by atoms with Gasteiger partial charge in [0, 0.05) is 0 Å². The molecular formula is C12H24N2O7. The summed E-state index contributed by atoms with van der Waals surface area (Å²) in [6.07, 6.45) is -5.80. The first-order valence-electron chi connectivity index (χ1n) is 6.55. The van der Waals surface area contributed by atoms with Gasteiger partial charge in [-0.1, -0.05) is 13.8 Å². The van der Waals surface area contributed by atoms with Gasteiger partial charge in [-0.3, -0.25) is 4.79 Å². The highest BCUT2D eigenvalue weighted by molar-refractivity contribution is 5.81. The smallest absolute Gasteiger partial charge is 0.335 e. The van der Waals surface area contributed by atoms with Crippen LogP contribution in [0.25, 0.3) is 0 Å². The molecule has 5 atom stereocenters. The van der Waals surface area contributed by atoms with Crippen molar-refractivity contribution in [3.8, 4) is 0 Å². The summed E-state index contributed by atoms with van der Waals surface area (Å²) in [5.74, 6) is -2.23. The standard InChI is InChI=1S/C12H24N2O7/c1-5(2)3-6(13)11(19)14-7(4-15)8(16)9(17)10(18)12(20)21/h5-10,15-18H,3-4,13H2,1-2H3,(H,14,19)(H,20,21)/t6-,7-,8+,9+,10-/m0/s1. The molecule has 0 aromatic heterocycles. The molecule has 1 amide bonds. The second kappa shape index (κ2) is 8.90. The third-order valence-electron chi connectivity index (χ3n) is 2.93. The van der Waals surface area contributed by atoms with Crippen LogP contribution in [0.5, 0.6) is 0 Å². The maximum Gasteiger partial charge on any atom is 0.335 e. The van der Waals surface area contributed by atoms with Gasteiger partial charge in [-0.2, -0.15) is 0 Å². The van der Waals surface area contributed by atoms with Crippen LogP contribution in [-0.4, -0.2) is 74.4 Å². The molecule has 0 bridgehead atoms. The first-order chi connectivity index (χ1) is 9.61.